The van der Waals surface area contributed by atoms with E-state index in [1.165, 1.54) is 16.7 Å². The molecule has 1 heterocycles. The normalized spacial score (nSPS) is 21.0. The van der Waals surface area contributed by atoms with Crippen molar-refractivity contribution in [3.63, 3.8) is 0 Å². The smallest absolute Gasteiger partial charge is 0.297 e. The van der Waals surface area contributed by atoms with Gasteiger partial charge in [-0.25, -0.2) is 0 Å². The Labute approximate surface area is 146 Å². The third kappa shape index (κ3) is 2.54. The highest BCUT2D eigenvalue weighted by atomic mass is 32.2. The summed E-state index contributed by atoms with van der Waals surface area (Å²) in [6.07, 6.45) is 4.95. The lowest BCUT2D eigenvalue weighted by Crippen LogP contribution is -2.12. The van der Waals surface area contributed by atoms with Crippen LogP contribution in [0, 0.1) is 6.92 Å². The monoisotopic (exact) mass is 361 g/mol. The molecule has 0 saturated heterocycles. The van der Waals surface area contributed by atoms with Gasteiger partial charge in [-0.1, -0.05) is 29.8 Å². The minimum Gasteiger partial charge on any atom is -0.494 e. The van der Waals surface area contributed by atoms with Crippen LogP contribution in [-0.2, 0) is 20.8 Å². The molecular formula is C18H19NO5S. The lowest BCUT2D eigenvalue weighted by Gasteiger charge is -2.10. The first-order valence-corrected chi connectivity index (χ1v) is 9.58. The molecule has 25 heavy (non-hydrogen) atoms. The summed E-state index contributed by atoms with van der Waals surface area (Å²) in [5.41, 5.74) is 2.47. The van der Waals surface area contributed by atoms with Gasteiger partial charge in [0, 0.05) is 23.0 Å². The van der Waals surface area contributed by atoms with Gasteiger partial charge in [0.2, 0.25) is 0 Å². The molecule has 1 aromatic heterocycles. The second kappa shape index (κ2) is 5.64. The molecule has 2 N–H and O–H groups in total. The second-order valence-corrected chi connectivity index (χ2v) is 8.16. The highest BCUT2D eigenvalue weighted by molar-refractivity contribution is 7.86. The fourth-order valence-corrected chi connectivity index (χ4v) is 4.61. The van der Waals surface area contributed by atoms with E-state index in [0.717, 1.165) is 23.1 Å². The number of fused-ring (bicyclic) bond motifs is 5. The van der Waals surface area contributed by atoms with Crippen molar-refractivity contribution < 1.29 is 22.8 Å². The predicted molar refractivity (Wildman–Crippen MR) is 91.3 cm³/mol. The Hall–Kier alpha value is -2.25. The zero-order valence-electron chi connectivity index (χ0n) is 13.7. The maximum Gasteiger partial charge on any atom is 0.297 e. The lowest BCUT2D eigenvalue weighted by molar-refractivity contribution is 0.276. The Bertz CT molecular complexity index is 921. The lowest BCUT2D eigenvalue weighted by atomic mass is 10.0. The molecule has 1 aromatic carbocycles. The molecule has 0 saturated carbocycles. The van der Waals surface area contributed by atoms with Crippen LogP contribution in [0.1, 0.15) is 34.9 Å². The molecular weight excluding hydrogens is 342 g/mol. The summed E-state index contributed by atoms with van der Waals surface area (Å²) in [5.74, 6) is 0.259. The third-order valence-electron chi connectivity index (χ3n) is 4.97. The zero-order chi connectivity index (χ0) is 17.8. The summed E-state index contributed by atoms with van der Waals surface area (Å²) in [6.45, 7) is 1.75. The number of hydrogen-bond acceptors (Lipinski definition) is 5. The SMILES string of the molecule is Cc1ccc(S(=O)(=O)OCCn2c(O)c3c(c2O)C2C=CC3C2)cc1. The summed E-state index contributed by atoms with van der Waals surface area (Å²) in [4.78, 5) is 0.0868. The zero-order valence-corrected chi connectivity index (χ0v) is 14.5. The molecule has 0 aliphatic heterocycles. The minimum atomic E-state index is -3.87. The van der Waals surface area contributed by atoms with Crippen molar-refractivity contribution in [3.05, 3.63) is 53.1 Å². The first-order chi connectivity index (χ1) is 11.9. The van der Waals surface area contributed by atoms with Gasteiger partial charge in [0.05, 0.1) is 18.0 Å². The maximum absolute atomic E-state index is 12.2. The fourth-order valence-electron chi connectivity index (χ4n) is 3.71. The number of nitrogens with zero attached hydrogens (tertiary/aromatic N) is 1. The van der Waals surface area contributed by atoms with E-state index in [-0.39, 0.29) is 41.6 Å². The topological polar surface area (TPSA) is 88.8 Å². The summed E-state index contributed by atoms with van der Waals surface area (Å²) in [6, 6.07) is 6.39. The number of benzene rings is 1. The van der Waals surface area contributed by atoms with E-state index >= 15 is 0 Å². The van der Waals surface area contributed by atoms with E-state index in [1.54, 1.807) is 12.1 Å². The van der Waals surface area contributed by atoms with Crippen LogP contribution in [0.4, 0.5) is 0 Å². The number of aromatic nitrogens is 1. The summed E-state index contributed by atoms with van der Waals surface area (Å²) in [5, 5.41) is 20.8. The third-order valence-corrected chi connectivity index (χ3v) is 6.30. The Morgan fingerprint density at radius 2 is 1.64 bits per heavy atom. The minimum absolute atomic E-state index is 0.000633. The molecule has 2 aliphatic rings. The van der Waals surface area contributed by atoms with E-state index in [0.29, 0.717) is 0 Å². The van der Waals surface area contributed by atoms with Gasteiger partial charge in [0.1, 0.15) is 0 Å². The highest BCUT2D eigenvalue weighted by Gasteiger charge is 2.40. The average Bonchev–Trinajstić information content (AvgIpc) is 3.24. The largest absolute Gasteiger partial charge is 0.494 e. The van der Waals surface area contributed by atoms with E-state index in [4.69, 9.17) is 4.18 Å². The van der Waals surface area contributed by atoms with Crippen LogP contribution < -0.4 is 0 Å². The molecule has 2 unspecified atom stereocenters. The molecule has 0 spiro atoms. The van der Waals surface area contributed by atoms with Crippen LogP contribution in [0.25, 0.3) is 0 Å². The van der Waals surface area contributed by atoms with Gasteiger partial charge in [-0.05, 0) is 25.5 Å². The van der Waals surface area contributed by atoms with E-state index < -0.39 is 10.1 Å². The Morgan fingerprint density at radius 1 is 1.08 bits per heavy atom. The highest BCUT2D eigenvalue weighted by Crippen LogP contribution is 2.56. The summed E-state index contributed by atoms with van der Waals surface area (Å²) < 4.78 is 30.8. The van der Waals surface area contributed by atoms with E-state index in [2.05, 4.69) is 0 Å². The van der Waals surface area contributed by atoms with Crippen molar-refractivity contribution in [3.8, 4) is 11.8 Å². The van der Waals surface area contributed by atoms with Crippen molar-refractivity contribution in [2.24, 2.45) is 0 Å². The molecule has 0 radical (unpaired) electrons. The van der Waals surface area contributed by atoms with Crippen LogP contribution in [0.2, 0.25) is 0 Å². The number of rotatable bonds is 5. The first-order valence-electron chi connectivity index (χ1n) is 8.17. The van der Waals surface area contributed by atoms with E-state index in [1.807, 2.05) is 19.1 Å². The van der Waals surface area contributed by atoms with Gasteiger partial charge in [0.25, 0.3) is 10.1 Å². The molecule has 0 amide bonds. The maximum atomic E-state index is 12.2. The summed E-state index contributed by atoms with van der Waals surface area (Å²) in [7, 11) is -3.87. The van der Waals surface area contributed by atoms with Gasteiger partial charge >= 0.3 is 0 Å². The molecule has 132 valence electrons. The quantitative estimate of drug-likeness (QED) is 0.631. The molecule has 7 heteroatoms. The van der Waals surface area contributed by atoms with Crippen molar-refractivity contribution in [2.45, 2.75) is 36.6 Å². The molecule has 2 aromatic rings. The van der Waals surface area contributed by atoms with Gasteiger partial charge in [-0.3, -0.25) is 8.75 Å². The van der Waals surface area contributed by atoms with E-state index in [9.17, 15) is 18.6 Å². The predicted octanol–water partition coefficient (Wildman–Crippen LogP) is 2.75. The first kappa shape index (κ1) is 16.2. The van der Waals surface area contributed by atoms with Crippen molar-refractivity contribution >= 4 is 10.1 Å². The molecule has 6 nitrogen and oxygen atoms in total. The van der Waals surface area contributed by atoms with Crippen molar-refractivity contribution in [1.29, 1.82) is 0 Å². The van der Waals surface area contributed by atoms with Gasteiger partial charge < -0.3 is 10.2 Å². The van der Waals surface area contributed by atoms with Crippen molar-refractivity contribution in [2.75, 3.05) is 6.61 Å². The standard InChI is InChI=1S/C18H19NO5S/c1-11-2-6-14(7-3-11)25(22,23)24-9-8-19-17(20)15-12-4-5-13(10-12)16(15)18(19)21/h2-7,12-13,20-21H,8-10H2,1H3. The number of allylic oxidation sites excluding steroid dienone is 2. The van der Waals surface area contributed by atoms with Crippen LogP contribution in [-0.4, -0.2) is 29.8 Å². The Balaban J connectivity index is 1.49. The fraction of sp³-hybridized carbons (Fsp3) is 0.333. The van der Waals surface area contributed by atoms with Crippen LogP contribution in [0.15, 0.2) is 41.3 Å². The molecule has 2 bridgehead atoms. The molecule has 2 aliphatic carbocycles. The van der Waals surface area contributed by atoms with Gasteiger partial charge in [-0.15, -0.1) is 0 Å². The van der Waals surface area contributed by atoms with Crippen LogP contribution >= 0.6 is 0 Å². The molecule has 4 rings (SSSR count). The number of aryl methyl sites for hydroxylation is 1. The second-order valence-electron chi connectivity index (χ2n) is 6.55. The Morgan fingerprint density at radius 3 is 2.20 bits per heavy atom. The van der Waals surface area contributed by atoms with Gasteiger partial charge in [-0.2, -0.15) is 8.42 Å². The molecule has 2 atom stereocenters. The number of hydrogen-bond donors (Lipinski definition) is 2. The summed E-state index contributed by atoms with van der Waals surface area (Å²) >= 11 is 0. The Kier molecular flexibility index (Phi) is 3.66. The number of aromatic hydroxyl groups is 2. The van der Waals surface area contributed by atoms with Crippen LogP contribution in [0.3, 0.4) is 0 Å². The van der Waals surface area contributed by atoms with Crippen LogP contribution in [0.5, 0.6) is 11.8 Å². The average molecular weight is 361 g/mol. The van der Waals surface area contributed by atoms with Gasteiger partial charge in [0.15, 0.2) is 11.8 Å². The molecule has 0 fully saturated rings. The van der Waals surface area contributed by atoms with Crippen molar-refractivity contribution in [1.82, 2.24) is 4.57 Å².